The van der Waals surface area contributed by atoms with Gasteiger partial charge in [0.1, 0.15) is 0 Å². The van der Waals surface area contributed by atoms with Gasteiger partial charge in [-0.3, -0.25) is 4.79 Å². The van der Waals surface area contributed by atoms with Gasteiger partial charge in [-0.15, -0.1) is 0 Å². The third-order valence-corrected chi connectivity index (χ3v) is 3.18. The fourth-order valence-electron chi connectivity index (χ4n) is 1.64. The maximum atomic E-state index is 11.8. The van der Waals surface area contributed by atoms with Gasteiger partial charge in [0.05, 0.1) is 0 Å². The number of carbonyl (C=O) groups excluding carboxylic acids is 1. The van der Waals surface area contributed by atoms with Gasteiger partial charge in [0.2, 0.25) is 5.91 Å². The first-order valence-electron chi connectivity index (χ1n) is 5.95. The van der Waals surface area contributed by atoms with E-state index in [9.17, 15) is 4.79 Å². The Kier molecular flexibility index (Phi) is 4.53. The molecule has 0 aliphatic heterocycles. The lowest BCUT2D eigenvalue weighted by Gasteiger charge is -2.06. The van der Waals surface area contributed by atoms with Crippen LogP contribution in [0.2, 0.25) is 0 Å². The smallest absolute Gasteiger partial charge is 0.248 e. The molecule has 0 atom stereocenters. The molecule has 1 N–H and O–H groups in total. The van der Waals surface area contributed by atoms with Crippen LogP contribution >= 0.6 is 15.9 Å². The maximum Gasteiger partial charge on any atom is 0.248 e. The molecule has 3 heteroatoms. The van der Waals surface area contributed by atoms with Crippen LogP contribution in [0.3, 0.4) is 0 Å². The van der Waals surface area contributed by atoms with Crippen molar-refractivity contribution < 1.29 is 4.79 Å². The Morgan fingerprint density at radius 1 is 1.16 bits per heavy atom. The lowest BCUT2D eigenvalue weighted by Crippen LogP contribution is -2.08. The highest BCUT2D eigenvalue weighted by Crippen LogP contribution is 2.20. The van der Waals surface area contributed by atoms with E-state index in [4.69, 9.17) is 0 Å². The summed E-state index contributed by atoms with van der Waals surface area (Å²) in [4.78, 5) is 11.8. The second-order valence-electron chi connectivity index (χ2n) is 4.19. The summed E-state index contributed by atoms with van der Waals surface area (Å²) >= 11 is 3.39. The molecule has 96 valence electrons. The molecule has 0 fully saturated rings. The van der Waals surface area contributed by atoms with Crippen LogP contribution in [0.1, 0.15) is 11.1 Å². The quantitative estimate of drug-likeness (QED) is 0.835. The van der Waals surface area contributed by atoms with Gasteiger partial charge >= 0.3 is 0 Å². The summed E-state index contributed by atoms with van der Waals surface area (Å²) in [6, 6.07) is 15.5. The summed E-state index contributed by atoms with van der Waals surface area (Å²) in [5.41, 5.74) is 2.85. The van der Waals surface area contributed by atoms with Gasteiger partial charge in [-0.2, -0.15) is 0 Å². The number of anilines is 1. The molecule has 0 heterocycles. The Labute approximate surface area is 121 Å². The van der Waals surface area contributed by atoms with Crippen molar-refractivity contribution in [2.45, 2.75) is 6.92 Å². The average Bonchev–Trinajstić information content (AvgIpc) is 2.42. The van der Waals surface area contributed by atoms with E-state index in [2.05, 4.69) is 21.2 Å². The number of hydrogen-bond donors (Lipinski definition) is 1. The second kappa shape index (κ2) is 6.34. The largest absolute Gasteiger partial charge is 0.322 e. The molecular weight excluding hydrogens is 302 g/mol. The van der Waals surface area contributed by atoms with Crippen LogP contribution < -0.4 is 5.32 Å². The topological polar surface area (TPSA) is 29.1 Å². The van der Waals surface area contributed by atoms with Crippen LogP contribution in [-0.2, 0) is 4.79 Å². The molecule has 0 saturated carbocycles. The second-order valence-corrected chi connectivity index (χ2v) is 5.11. The summed E-state index contributed by atoms with van der Waals surface area (Å²) in [6.45, 7) is 1.96. The van der Waals surface area contributed by atoms with Crippen molar-refractivity contribution in [3.63, 3.8) is 0 Å². The fourth-order valence-corrected chi connectivity index (χ4v) is 2.00. The Morgan fingerprint density at radius 2 is 1.89 bits per heavy atom. The number of hydrogen-bond acceptors (Lipinski definition) is 1. The van der Waals surface area contributed by atoms with E-state index >= 15 is 0 Å². The highest BCUT2D eigenvalue weighted by atomic mass is 79.9. The summed E-state index contributed by atoms with van der Waals surface area (Å²) in [6.07, 6.45) is 3.33. The first-order chi connectivity index (χ1) is 9.15. The SMILES string of the molecule is Cc1ccc(Br)cc1NC(=O)/C=C/c1ccccc1. The van der Waals surface area contributed by atoms with Crippen molar-refractivity contribution in [1.29, 1.82) is 0 Å². The van der Waals surface area contributed by atoms with Crippen molar-refractivity contribution in [1.82, 2.24) is 0 Å². The number of halogens is 1. The number of carbonyl (C=O) groups is 1. The van der Waals surface area contributed by atoms with Gasteiger partial charge in [0, 0.05) is 16.2 Å². The molecule has 0 aromatic heterocycles. The van der Waals surface area contributed by atoms with E-state index in [1.807, 2.05) is 55.5 Å². The van der Waals surface area contributed by atoms with Gasteiger partial charge in [-0.1, -0.05) is 52.3 Å². The number of rotatable bonds is 3. The predicted molar refractivity (Wildman–Crippen MR) is 83.0 cm³/mol. The number of aryl methyl sites for hydroxylation is 1. The zero-order chi connectivity index (χ0) is 13.7. The van der Waals surface area contributed by atoms with Crippen LogP contribution in [0, 0.1) is 6.92 Å². The minimum absolute atomic E-state index is 0.134. The number of nitrogens with one attached hydrogen (secondary N) is 1. The zero-order valence-electron chi connectivity index (χ0n) is 10.6. The summed E-state index contributed by atoms with van der Waals surface area (Å²) < 4.78 is 0.945. The first kappa shape index (κ1) is 13.6. The van der Waals surface area contributed by atoms with Crippen LogP contribution in [0.15, 0.2) is 59.1 Å². The highest BCUT2D eigenvalue weighted by Gasteiger charge is 2.02. The van der Waals surface area contributed by atoms with Gasteiger partial charge < -0.3 is 5.32 Å². The molecule has 2 aromatic rings. The van der Waals surface area contributed by atoms with Crippen LogP contribution in [0.4, 0.5) is 5.69 Å². The first-order valence-corrected chi connectivity index (χ1v) is 6.75. The van der Waals surface area contributed by atoms with Crippen LogP contribution in [-0.4, -0.2) is 5.91 Å². The molecule has 0 radical (unpaired) electrons. The average molecular weight is 316 g/mol. The Hall–Kier alpha value is -1.87. The van der Waals surface area contributed by atoms with Crippen LogP contribution in [0.25, 0.3) is 6.08 Å². The van der Waals surface area contributed by atoms with Gasteiger partial charge in [-0.25, -0.2) is 0 Å². The minimum atomic E-state index is -0.134. The van der Waals surface area contributed by atoms with Crippen molar-refractivity contribution in [2.24, 2.45) is 0 Å². The molecule has 19 heavy (non-hydrogen) atoms. The highest BCUT2D eigenvalue weighted by molar-refractivity contribution is 9.10. The Morgan fingerprint density at radius 3 is 2.63 bits per heavy atom. The van der Waals surface area contributed by atoms with Crippen molar-refractivity contribution >= 4 is 33.6 Å². The molecule has 2 nitrogen and oxygen atoms in total. The monoisotopic (exact) mass is 315 g/mol. The lowest BCUT2D eigenvalue weighted by molar-refractivity contribution is -0.111. The summed E-state index contributed by atoms with van der Waals surface area (Å²) in [5.74, 6) is -0.134. The number of benzene rings is 2. The van der Waals surface area contributed by atoms with Crippen molar-refractivity contribution in [2.75, 3.05) is 5.32 Å². The van der Waals surface area contributed by atoms with Gasteiger partial charge in [0.15, 0.2) is 0 Å². The molecular formula is C16H14BrNO. The van der Waals surface area contributed by atoms with Crippen molar-refractivity contribution in [3.8, 4) is 0 Å². The van der Waals surface area contributed by atoms with E-state index in [0.29, 0.717) is 0 Å². The lowest BCUT2D eigenvalue weighted by atomic mass is 10.2. The molecule has 0 saturated heterocycles. The molecule has 2 aromatic carbocycles. The van der Waals surface area contributed by atoms with Crippen molar-refractivity contribution in [3.05, 3.63) is 70.2 Å². The van der Waals surface area contributed by atoms with E-state index in [-0.39, 0.29) is 5.91 Å². The Balaban J connectivity index is 2.06. The molecule has 0 unspecified atom stereocenters. The fraction of sp³-hybridized carbons (Fsp3) is 0.0625. The molecule has 0 aliphatic carbocycles. The van der Waals surface area contributed by atoms with Gasteiger partial charge in [-0.05, 0) is 36.3 Å². The zero-order valence-corrected chi connectivity index (χ0v) is 12.1. The van der Waals surface area contributed by atoms with E-state index in [1.54, 1.807) is 6.08 Å². The Bertz CT molecular complexity index is 605. The predicted octanol–water partition coefficient (Wildman–Crippen LogP) is 4.41. The summed E-state index contributed by atoms with van der Waals surface area (Å²) in [7, 11) is 0. The number of amides is 1. The van der Waals surface area contributed by atoms with E-state index < -0.39 is 0 Å². The minimum Gasteiger partial charge on any atom is -0.322 e. The molecule has 1 amide bonds. The molecule has 0 aliphatic rings. The normalized spacial score (nSPS) is 10.6. The third kappa shape index (κ3) is 4.07. The van der Waals surface area contributed by atoms with E-state index in [1.165, 1.54) is 6.08 Å². The maximum absolute atomic E-state index is 11.8. The van der Waals surface area contributed by atoms with E-state index in [0.717, 1.165) is 21.3 Å². The third-order valence-electron chi connectivity index (χ3n) is 2.68. The molecule has 0 bridgehead atoms. The molecule has 0 spiro atoms. The van der Waals surface area contributed by atoms with Gasteiger partial charge in [0.25, 0.3) is 0 Å². The standard InChI is InChI=1S/C16H14BrNO/c1-12-7-9-14(17)11-15(12)18-16(19)10-8-13-5-3-2-4-6-13/h2-11H,1H3,(H,18,19)/b10-8+. The van der Waals surface area contributed by atoms with Crippen LogP contribution in [0.5, 0.6) is 0 Å². The summed E-state index contributed by atoms with van der Waals surface area (Å²) in [5, 5.41) is 2.87. The molecule has 2 rings (SSSR count).